The molecule has 2 heterocycles. The maximum atomic E-state index is 13.3. The average molecular weight is 846 g/mol. The number of ether oxygens (including phenoxy) is 3. The van der Waals surface area contributed by atoms with Crippen molar-refractivity contribution in [1.29, 1.82) is 10.5 Å². The Labute approximate surface area is 349 Å². The molecular weight excluding hydrogens is 802 g/mol. The Kier molecular flexibility index (Phi) is 16.6. The van der Waals surface area contributed by atoms with Gasteiger partial charge in [0.1, 0.15) is 65.9 Å². The van der Waals surface area contributed by atoms with Crippen LogP contribution in [0.5, 0.6) is 5.75 Å². The number of anilines is 1. The topological polar surface area (TPSA) is 285 Å². The number of amides is 2. The molecule has 2 aromatic heterocycles. The van der Waals surface area contributed by atoms with E-state index in [4.69, 9.17) is 47.4 Å². The highest BCUT2D eigenvalue weighted by molar-refractivity contribution is 7.98. The highest BCUT2D eigenvalue weighted by atomic mass is 35.5. The third-order valence-electron chi connectivity index (χ3n) is 8.53. The molecule has 17 nitrogen and oxygen atoms in total. The van der Waals surface area contributed by atoms with Crippen LogP contribution >= 0.6 is 23.4 Å². The number of oxazole rings is 1. The van der Waals surface area contributed by atoms with Crippen molar-refractivity contribution in [1.82, 2.24) is 20.6 Å². The summed E-state index contributed by atoms with van der Waals surface area (Å²) >= 11 is 7.19. The molecule has 0 aliphatic heterocycles. The smallest absolute Gasteiger partial charge is 0.329 e. The van der Waals surface area contributed by atoms with Crippen LogP contribution < -0.4 is 32.6 Å². The lowest BCUT2D eigenvalue weighted by Crippen LogP contribution is -2.50. The third kappa shape index (κ3) is 12.4. The number of benzene rings is 2. The minimum Gasteiger partial charge on any atom is -0.490 e. The zero-order valence-corrected chi connectivity index (χ0v) is 34.3. The van der Waals surface area contributed by atoms with Crippen molar-refractivity contribution in [3.63, 3.8) is 0 Å². The second-order valence-electron chi connectivity index (χ2n) is 13.6. The van der Waals surface area contributed by atoms with Crippen LogP contribution in [-0.2, 0) is 34.4 Å². The van der Waals surface area contributed by atoms with Gasteiger partial charge in [0.15, 0.2) is 6.10 Å². The van der Waals surface area contributed by atoms with E-state index in [0.717, 1.165) is 5.56 Å². The van der Waals surface area contributed by atoms with Gasteiger partial charge in [-0.2, -0.15) is 10.5 Å². The van der Waals surface area contributed by atoms with Crippen molar-refractivity contribution in [3.05, 3.63) is 76.6 Å². The number of esters is 2. The molecule has 2 unspecified atom stereocenters. The fraction of sp³-hybridized carbons (Fsp3) is 0.350. The van der Waals surface area contributed by atoms with E-state index in [9.17, 15) is 29.7 Å². The number of aromatic nitrogens is 2. The normalized spacial score (nSPS) is 12.5. The molecule has 4 rings (SSSR count). The van der Waals surface area contributed by atoms with E-state index in [1.807, 2.05) is 0 Å². The molecule has 59 heavy (non-hydrogen) atoms. The number of nitrogens with zero attached hydrogens (tertiary/aromatic N) is 4. The first-order chi connectivity index (χ1) is 28.2. The van der Waals surface area contributed by atoms with Gasteiger partial charge in [0.05, 0.1) is 24.3 Å². The molecule has 310 valence electrons. The van der Waals surface area contributed by atoms with E-state index in [-0.39, 0.29) is 70.6 Å². The summed E-state index contributed by atoms with van der Waals surface area (Å²) in [7, 11) is 0. The number of thioether (sulfide) groups is 1. The molecule has 0 saturated carbocycles. The Balaban J connectivity index is 1.54. The highest BCUT2D eigenvalue weighted by Crippen LogP contribution is 2.37. The first kappa shape index (κ1) is 45.5. The molecule has 0 aliphatic carbocycles. The number of rotatable bonds is 19. The van der Waals surface area contributed by atoms with Gasteiger partial charge in [0.2, 0.25) is 17.7 Å². The minimum absolute atomic E-state index is 0.00334. The molecule has 19 heteroatoms. The standard InChI is InChI=1S/C40H44ClN9O8S/c1-21(2)34(48-31(51)15-44)39(53)57-19-28(58-40(54)35(22(3)4)49-32(52)16-45)18-55-27-11-7-23(8-12-27)33-29(13-42)36(46)50-38(30(33)14-43)59-20-26-17-56-37(47-26)24-5-9-25(41)10-6-24/h5-12,17,21-22,28,34-35H,15-16,18-20,44-45H2,1-4H3,(H2,46,50)(H,48,51)(H,49,52)/t28-,34?,35?/m0/s1. The van der Waals surface area contributed by atoms with Crippen LogP contribution in [0.1, 0.15) is 44.5 Å². The van der Waals surface area contributed by atoms with Gasteiger partial charge in [0.25, 0.3) is 0 Å². The summed E-state index contributed by atoms with van der Waals surface area (Å²) in [5.41, 5.74) is 19.2. The van der Waals surface area contributed by atoms with Crippen molar-refractivity contribution >= 4 is 52.9 Å². The summed E-state index contributed by atoms with van der Waals surface area (Å²) in [6, 6.07) is 15.5. The van der Waals surface area contributed by atoms with Gasteiger partial charge in [-0.05, 0) is 53.8 Å². The summed E-state index contributed by atoms with van der Waals surface area (Å²) in [5, 5.41) is 26.2. The molecule has 4 aromatic rings. The molecule has 0 saturated heterocycles. The van der Waals surface area contributed by atoms with Crippen LogP contribution in [0.25, 0.3) is 22.6 Å². The van der Waals surface area contributed by atoms with Crippen molar-refractivity contribution in [3.8, 4) is 40.5 Å². The Hall–Kier alpha value is -6.18. The van der Waals surface area contributed by atoms with E-state index in [2.05, 4.69) is 32.7 Å². The van der Waals surface area contributed by atoms with Crippen LogP contribution in [0.3, 0.4) is 0 Å². The molecular formula is C40H44ClN9O8S. The predicted octanol–water partition coefficient (Wildman–Crippen LogP) is 3.71. The lowest BCUT2D eigenvalue weighted by atomic mass is 9.97. The van der Waals surface area contributed by atoms with Gasteiger partial charge in [-0.1, -0.05) is 63.2 Å². The van der Waals surface area contributed by atoms with Crippen molar-refractivity contribution in [2.24, 2.45) is 23.3 Å². The monoisotopic (exact) mass is 845 g/mol. The molecule has 0 aliphatic rings. The number of hydrogen-bond acceptors (Lipinski definition) is 16. The summed E-state index contributed by atoms with van der Waals surface area (Å²) in [6.07, 6.45) is 0.320. The first-order valence-corrected chi connectivity index (χ1v) is 19.6. The molecule has 2 aromatic carbocycles. The molecule has 8 N–H and O–H groups in total. The molecule has 0 spiro atoms. The van der Waals surface area contributed by atoms with Crippen LogP contribution in [0.15, 0.2) is 64.2 Å². The zero-order valence-electron chi connectivity index (χ0n) is 32.7. The third-order valence-corrected chi connectivity index (χ3v) is 9.79. The molecule has 0 radical (unpaired) electrons. The maximum Gasteiger partial charge on any atom is 0.329 e. The number of carbonyl (C=O) groups is 4. The second-order valence-corrected chi connectivity index (χ2v) is 15.0. The van der Waals surface area contributed by atoms with E-state index >= 15 is 0 Å². The SMILES string of the molecule is CC(C)C(NC(=O)CN)C(=O)OC[C@H](COc1ccc(-c2c(C#N)c(N)nc(SCc3coc(-c4ccc(Cl)cc4)n3)c2C#N)cc1)OC(=O)C(NC(=O)CN)C(C)C. The molecule has 0 fully saturated rings. The van der Waals surface area contributed by atoms with Crippen LogP contribution in [0.4, 0.5) is 5.82 Å². The second kappa shape index (κ2) is 21.5. The number of nitrogens with one attached hydrogen (secondary N) is 2. The number of pyridine rings is 1. The first-order valence-electron chi connectivity index (χ1n) is 18.2. The largest absolute Gasteiger partial charge is 0.490 e. The lowest BCUT2D eigenvalue weighted by Gasteiger charge is -2.26. The molecule has 3 atom stereocenters. The number of nitrogens with two attached hydrogens (primary N) is 3. The maximum absolute atomic E-state index is 13.3. The van der Waals surface area contributed by atoms with E-state index in [1.165, 1.54) is 18.0 Å². The van der Waals surface area contributed by atoms with Crippen molar-refractivity contribution in [2.45, 2.75) is 56.7 Å². The number of halogens is 1. The number of nitriles is 2. The van der Waals surface area contributed by atoms with Crippen LogP contribution in [-0.4, -0.2) is 78.2 Å². The van der Waals surface area contributed by atoms with Gasteiger partial charge >= 0.3 is 11.9 Å². The number of nitrogen functional groups attached to an aromatic ring is 1. The van der Waals surface area contributed by atoms with E-state index in [0.29, 0.717) is 22.2 Å². The Morgan fingerprint density at radius 3 is 1.97 bits per heavy atom. The minimum atomic E-state index is -1.18. The number of carbonyl (C=O) groups excluding carboxylic acids is 4. The van der Waals surface area contributed by atoms with Gasteiger partial charge in [-0.25, -0.2) is 19.6 Å². The van der Waals surface area contributed by atoms with E-state index in [1.54, 1.807) is 76.2 Å². The fourth-order valence-corrected chi connectivity index (χ4v) is 6.42. The van der Waals surface area contributed by atoms with Crippen LogP contribution in [0, 0.1) is 34.5 Å². The van der Waals surface area contributed by atoms with Crippen molar-refractivity contribution < 1.29 is 37.8 Å². The summed E-state index contributed by atoms with van der Waals surface area (Å²) < 4.78 is 22.7. The highest BCUT2D eigenvalue weighted by Gasteiger charge is 2.31. The van der Waals surface area contributed by atoms with Gasteiger partial charge in [-0.3, -0.25) is 9.59 Å². The average Bonchev–Trinajstić information content (AvgIpc) is 3.70. The summed E-state index contributed by atoms with van der Waals surface area (Å²) in [6.45, 7) is 5.34. The van der Waals surface area contributed by atoms with Crippen molar-refractivity contribution in [2.75, 3.05) is 32.0 Å². The van der Waals surface area contributed by atoms with Crippen LogP contribution in [0.2, 0.25) is 5.02 Å². The quantitative estimate of drug-likeness (QED) is 0.0664. The summed E-state index contributed by atoms with van der Waals surface area (Å²) in [5.74, 6) is -2.62. The predicted molar refractivity (Wildman–Crippen MR) is 218 cm³/mol. The Morgan fingerprint density at radius 2 is 1.41 bits per heavy atom. The lowest BCUT2D eigenvalue weighted by molar-refractivity contribution is -0.165. The van der Waals surface area contributed by atoms with Gasteiger partial charge < -0.3 is 46.5 Å². The zero-order chi connectivity index (χ0) is 43.2. The fourth-order valence-electron chi connectivity index (χ4n) is 5.42. The number of hydrogen-bond donors (Lipinski definition) is 5. The summed E-state index contributed by atoms with van der Waals surface area (Å²) in [4.78, 5) is 59.2. The van der Waals surface area contributed by atoms with Gasteiger partial charge in [-0.15, -0.1) is 0 Å². The van der Waals surface area contributed by atoms with E-state index < -0.39 is 48.5 Å². The molecule has 0 bridgehead atoms. The molecule has 2 amide bonds. The van der Waals surface area contributed by atoms with Gasteiger partial charge in [0, 0.05) is 21.9 Å². The Morgan fingerprint density at radius 1 is 0.831 bits per heavy atom. The Bertz CT molecular complexity index is 2200.